The van der Waals surface area contributed by atoms with Gasteiger partial charge in [-0.2, -0.15) is 0 Å². The maximum Gasteiger partial charge on any atom is 0.326 e. The van der Waals surface area contributed by atoms with Crippen LogP contribution in [-0.4, -0.2) is 20.6 Å². The number of aromatic nitrogens is 2. The molecule has 0 radical (unpaired) electrons. The minimum absolute atomic E-state index is 0.335. The highest BCUT2D eigenvalue weighted by atomic mass is 32.1. The van der Waals surface area contributed by atoms with Gasteiger partial charge in [0.15, 0.2) is 0 Å². The number of rotatable bonds is 4. The third kappa shape index (κ3) is 3.04. The molecule has 6 heteroatoms. The van der Waals surface area contributed by atoms with Crippen LogP contribution in [0.1, 0.15) is 13.0 Å². The lowest BCUT2D eigenvalue weighted by Crippen LogP contribution is -2.28. The monoisotopic (exact) mass is 376 g/mol. The molecular weight excluding hydrogens is 360 g/mol. The number of carbonyl (C=O) groups is 1. The summed E-state index contributed by atoms with van der Waals surface area (Å²) in [6, 6.07) is 17.1. The molecule has 1 atom stereocenters. The molecule has 2 aromatic heterocycles. The highest BCUT2D eigenvalue weighted by Crippen LogP contribution is 2.32. The summed E-state index contributed by atoms with van der Waals surface area (Å²) in [4.78, 5) is 29.0. The van der Waals surface area contributed by atoms with Crippen molar-refractivity contribution in [2.24, 2.45) is 0 Å². The van der Waals surface area contributed by atoms with Gasteiger partial charge >= 0.3 is 5.97 Å². The number of carboxylic acid groups (broad SMARTS) is 1. The van der Waals surface area contributed by atoms with E-state index in [1.807, 2.05) is 60.0 Å². The summed E-state index contributed by atoms with van der Waals surface area (Å²) in [6.45, 7) is 1.47. The van der Waals surface area contributed by atoms with Gasteiger partial charge in [0.25, 0.3) is 5.56 Å². The van der Waals surface area contributed by atoms with Crippen molar-refractivity contribution < 1.29 is 9.90 Å². The molecule has 4 aromatic rings. The maximum absolute atomic E-state index is 12.9. The van der Waals surface area contributed by atoms with E-state index in [9.17, 15) is 14.7 Å². The largest absolute Gasteiger partial charge is 0.480 e. The Morgan fingerprint density at radius 3 is 2.33 bits per heavy atom. The van der Waals surface area contributed by atoms with E-state index in [1.54, 1.807) is 0 Å². The van der Waals surface area contributed by atoms with Gasteiger partial charge in [0.1, 0.15) is 10.9 Å². The summed E-state index contributed by atoms with van der Waals surface area (Å²) in [7, 11) is 0. The molecule has 0 aliphatic carbocycles. The van der Waals surface area contributed by atoms with Crippen molar-refractivity contribution in [1.82, 2.24) is 9.55 Å². The van der Waals surface area contributed by atoms with Gasteiger partial charge < -0.3 is 5.11 Å². The predicted octanol–water partition coefficient (Wildman–Crippen LogP) is 4.44. The molecule has 27 heavy (non-hydrogen) atoms. The molecular formula is C21H16N2O3S. The zero-order valence-corrected chi connectivity index (χ0v) is 15.3. The summed E-state index contributed by atoms with van der Waals surface area (Å²) in [5.41, 5.74) is 3.56. The summed E-state index contributed by atoms with van der Waals surface area (Å²) >= 11 is 1.38. The molecule has 0 amide bonds. The standard InChI is InChI=1S/C21H16N2O3S/c1-13(21(25)26)23-12-22-19-18(20(23)24)17(11-27-19)16-9-7-15(8-10-16)14-5-3-2-4-6-14/h2-13H,1H3,(H,25,26)/t13-/m0/s1. The quantitative estimate of drug-likeness (QED) is 0.572. The molecule has 0 saturated heterocycles. The Kier molecular flexibility index (Phi) is 4.33. The number of fused-ring (bicyclic) bond motifs is 1. The first-order valence-electron chi connectivity index (χ1n) is 8.43. The molecule has 134 valence electrons. The smallest absolute Gasteiger partial charge is 0.326 e. The number of aliphatic carboxylic acids is 1. The number of nitrogens with zero attached hydrogens (tertiary/aromatic N) is 2. The zero-order chi connectivity index (χ0) is 19.0. The van der Waals surface area contributed by atoms with Crippen LogP contribution in [0, 0.1) is 0 Å². The zero-order valence-electron chi connectivity index (χ0n) is 14.5. The summed E-state index contributed by atoms with van der Waals surface area (Å²) in [5, 5.41) is 11.6. The van der Waals surface area contributed by atoms with Gasteiger partial charge in [-0.3, -0.25) is 9.36 Å². The molecule has 4 rings (SSSR count). The van der Waals surface area contributed by atoms with Crippen molar-refractivity contribution in [1.29, 1.82) is 0 Å². The van der Waals surface area contributed by atoms with Crippen molar-refractivity contribution >= 4 is 27.5 Å². The summed E-state index contributed by atoms with van der Waals surface area (Å²) < 4.78 is 1.17. The lowest BCUT2D eigenvalue weighted by molar-refractivity contribution is -0.140. The van der Waals surface area contributed by atoms with Crippen LogP contribution in [0.4, 0.5) is 0 Å². The molecule has 0 aliphatic rings. The van der Waals surface area contributed by atoms with E-state index in [0.717, 1.165) is 22.3 Å². The van der Waals surface area contributed by atoms with Gasteiger partial charge in [-0.25, -0.2) is 9.78 Å². The van der Waals surface area contributed by atoms with Gasteiger partial charge in [0.05, 0.1) is 11.7 Å². The highest BCUT2D eigenvalue weighted by Gasteiger charge is 2.19. The molecule has 0 unspecified atom stereocenters. The molecule has 0 fully saturated rings. The fourth-order valence-corrected chi connectivity index (χ4v) is 3.93. The van der Waals surface area contributed by atoms with Gasteiger partial charge in [0.2, 0.25) is 0 Å². The average Bonchev–Trinajstić information content (AvgIpc) is 3.13. The van der Waals surface area contributed by atoms with Crippen LogP contribution < -0.4 is 5.56 Å². The lowest BCUT2D eigenvalue weighted by Gasteiger charge is -2.10. The van der Waals surface area contributed by atoms with Crippen LogP contribution in [0.15, 0.2) is 71.1 Å². The van der Waals surface area contributed by atoms with Crippen LogP contribution in [0.2, 0.25) is 0 Å². The Balaban J connectivity index is 1.81. The first kappa shape index (κ1) is 17.2. The molecule has 2 heterocycles. The van der Waals surface area contributed by atoms with E-state index >= 15 is 0 Å². The highest BCUT2D eigenvalue weighted by molar-refractivity contribution is 7.17. The number of carboxylic acids is 1. The summed E-state index contributed by atoms with van der Waals surface area (Å²) in [6.07, 6.45) is 1.31. The normalized spacial score (nSPS) is 12.2. The van der Waals surface area contributed by atoms with E-state index in [4.69, 9.17) is 0 Å². The van der Waals surface area contributed by atoms with E-state index < -0.39 is 12.0 Å². The second-order valence-electron chi connectivity index (χ2n) is 6.24. The third-order valence-corrected chi connectivity index (χ3v) is 5.48. The second-order valence-corrected chi connectivity index (χ2v) is 7.10. The molecule has 5 nitrogen and oxygen atoms in total. The van der Waals surface area contributed by atoms with E-state index in [2.05, 4.69) is 4.98 Å². The fourth-order valence-electron chi connectivity index (χ4n) is 3.03. The average molecular weight is 376 g/mol. The number of hydrogen-bond acceptors (Lipinski definition) is 4. The summed E-state index contributed by atoms with van der Waals surface area (Å²) in [5.74, 6) is -1.07. The van der Waals surface area contributed by atoms with Crippen LogP contribution >= 0.6 is 11.3 Å². The molecule has 0 saturated carbocycles. The topological polar surface area (TPSA) is 72.2 Å². The first-order chi connectivity index (χ1) is 13.1. The lowest BCUT2D eigenvalue weighted by atomic mass is 10.0. The Bertz CT molecular complexity index is 1180. The van der Waals surface area contributed by atoms with Crippen LogP contribution in [0.3, 0.4) is 0 Å². The van der Waals surface area contributed by atoms with E-state index in [-0.39, 0.29) is 5.56 Å². The second kappa shape index (κ2) is 6.81. The predicted molar refractivity (Wildman–Crippen MR) is 107 cm³/mol. The Morgan fingerprint density at radius 1 is 1.04 bits per heavy atom. The maximum atomic E-state index is 12.9. The van der Waals surface area contributed by atoms with Crippen LogP contribution in [-0.2, 0) is 4.79 Å². The Labute approximate surface area is 159 Å². The number of hydrogen-bond donors (Lipinski definition) is 1. The molecule has 2 aromatic carbocycles. The van der Waals surface area contributed by atoms with Gasteiger partial charge in [-0.15, -0.1) is 11.3 Å². The van der Waals surface area contributed by atoms with E-state index in [1.165, 1.54) is 29.2 Å². The van der Waals surface area contributed by atoms with Gasteiger partial charge in [-0.05, 0) is 23.6 Å². The number of benzene rings is 2. The van der Waals surface area contributed by atoms with Crippen molar-refractivity contribution in [3.05, 3.63) is 76.7 Å². The van der Waals surface area contributed by atoms with Gasteiger partial charge in [0, 0.05) is 10.9 Å². The molecule has 0 spiro atoms. The third-order valence-electron chi connectivity index (χ3n) is 4.60. The first-order valence-corrected chi connectivity index (χ1v) is 9.31. The van der Waals surface area contributed by atoms with Crippen molar-refractivity contribution in [2.75, 3.05) is 0 Å². The van der Waals surface area contributed by atoms with Crippen LogP contribution in [0.25, 0.3) is 32.5 Å². The minimum Gasteiger partial charge on any atom is -0.480 e. The number of thiophene rings is 1. The minimum atomic E-state index is -1.07. The fraction of sp³-hybridized carbons (Fsp3) is 0.0952. The molecule has 0 aliphatic heterocycles. The Hall–Kier alpha value is -3.25. The van der Waals surface area contributed by atoms with Crippen molar-refractivity contribution in [3.8, 4) is 22.3 Å². The molecule has 0 bridgehead atoms. The SMILES string of the molecule is C[C@@H](C(=O)O)n1cnc2scc(-c3ccc(-c4ccccc4)cc3)c2c1=O. The van der Waals surface area contributed by atoms with Gasteiger partial charge in [-0.1, -0.05) is 54.6 Å². The van der Waals surface area contributed by atoms with Crippen LogP contribution in [0.5, 0.6) is 0 Å². The van der Waals surface area contributed by atoms with Crippen molar-refractivity contribution in [2.45, 2.75) is 13.0 Å². The Morgan fingerprint density at radius 2 is 1.67 bits per heavy atom. The molecule has 1 N–H and O–H groups in total. The van der Waals surface area contributed by atoms with E-state index in [0.29, 0.717) is 10.2 Å². The van der Waals surface area contributed by atoms with Crippen molar-refractivity contribution in [3.63, 3.8) is 0 Å².